The molecule has 3 nitrogen and oxygen atoms in total. The first-order valence-corrected chi connectivity index (χ1v) is 8.11. The van der Waals surface area contributed by atoms with Crippen LogP contribution in [-0.4, -0.2) is 32.4 Å². The fourth-order valence-electron chi connectivity index (χ4n) is 0.856. The van der Waals surface area contributed by atoms with Gasteiger partial charge in [0, 0.05) is 11.5 Å². The van der Waals surface area contributed by atoms with Crippen molar-refractivity contribution in [2.45, 2.75) is 47.9 Å². The van der Waals surface area contributed by atoms with Crippen LogP contribution in [0.25, 0.3) is 0 Å². The van der Waals surface area contributed by atoms with Crippen LogP contribution in [0.4, 0.5) is 0 Å². The Morgan fingerprint density at radius 1 is 1.25 bits per heavy atom. The van der Waals surface area contributed by atoms with E-state index in [9.17, 15) is 5.11 Å². The average Bonchev–Trinajstić information content (AvgIpc) is 2.62. The molecule has 6 heteroatoms. The summed E-state index contributed by atoms with van der Waals surface area (Å²) in [6.07, 6.45) is 2.43. The molecular formula is C10H18N2OS3. The number of aromatic nitrogens is 2. The van der Waals surface area contributed by atoms with Gasteiger partial charge in [-0.2, -0.15) is 0 Å². The first-order valence-electron chi connectivity index (χ1n) is 5.33. The van der Waals surface area contributed by atoms with Crippen molar-refractivity contribution in [1.82, 2.24) is 10.2 Å². The first-order chi connectivity index (χ1) is 7.51. The van der Waals surface area contributed by atoms with E-state index in [1.165, 1.54) is 12.8 Å². The maximum Gasteiger partial charge on any atom is 0.175 e. The van der Waals surface area contributed by atoms with E-state index in [2.05, 4.69) is 17.1 Å². The predicted molar refractivity (Wildman–Crippen MR) is 72.6 cm³/mol. The van der Waals surface area contributed by atoms with E-state index in [4.69, 9.17) is 0 Å². The summed E-state index contributed by atoms with van der Waals surface area (Å²) >= 11 is 4.95. The van der Waals surface area contributed by atoms with Crippen molar-refractivity contribution >= 4 is 34.9 Å². The molecule has 0 fully saturated rings. The van der Waals surface area contributed by atoms with Crippen molar-refractivity contribution < 1.29 is 5.11 Å². The van der Waals surface area contributed by atoms with E-state index in [1.54, 1.807) is 48.7 Å². The molecule has 0 aliphatic rings. The second-order valence-electron chi connectivity index (χ2n) is 4.14. The molecule has 1 aromatic heterocycles. The number of aliphatic hydroxyl groups is 1. The van der Waals surface area contributed by atoms with Crippen molar-refractivity contribution in [1.29, 1.82) is 0 Å². The molecule has 0 aromatic carbocycles. The number of nitrogens with zero attached hydrogens (tertiary/aromatic N) is 2. The van der Waals surface area contributed by atoms with Crippen LogP contribution < -0.4 is 0 Å². The second kappa shape index (κ2) is 6.83. The Hall–Kier alpha value is 0.220. The Morgan fingerprint density at radius 2 is 1.88 bits per heavy atom. The van der Waals surface area contributed by atoms with E-state index in [1.807, 2.05) is 0 Å². The van der Waals surface area contributed by atoms with Gasteiger partial charge in [-0.1, -0.05) is 48.2 Å². The predicted octanol–water partition coefficient (Wildman–Crippen LogP) is 3.29. The number of thioether (sulfide) groups is 2. The summed E-state index contributed by atoms with van der Waals surface area (Å²) in [7, 11) is 0. The van der Waals surface area contributed by atoms with Crippen LogP contribution in [0.15, 0.2) is 8.68 Å². The van der Waals surface area contributed by atoms with Gasteiger partial charge in [-0.15, -0.1) is 10.2 Å². The molecule has 0 saturated carbocycles. The average molecular weight is 278 g/mol. The van der Waals surface area contributed by atoms with E-state index in [0.717, 1.165) is 14.4 Å². The highest BCUT2D eigenvalue weighted by Crippen LogP contribution is 2.30. The first kappa shape index (κ1) is 14.3. The summed E-state index contributed by atoms with van der Waals surface area (Å²) in [4.78, 5) is 0. The third-order valence-corrected chi connectivity index (χ3v) is 5.38. The van der Waals surface area contributed by atoms with Crippen molar-refractivity contribution in [3.05, 3.63) is 0 Å². The van der Waals surface area contributed by atoms with Crippen LogP contribution in [0.2, 0.25) is 0 Å². The van der Waals surface area contributed by atoms with Crippen molar-refractivity contribution in [3.63, 3.8) is 0 Å². The van der Waals surface area contributed by atoms with Crippen LogP contribution in [0, 0.1) is 0 Å². The Morgan fingerprint density at radius 3 is 2.44 bits per heavy atom. The molecule has 0 aliphatic carbocycles. The third-order valence-electron chi connectivity index (χ3n) is 1.66. The van der Waals surface area contributed by atoms with Crippen LogP contribution in [0.3, 0.4) is 0 Å². The zero-order chi connectivity index (χ0) is 12.0. The lowest BCUT2D eigenvalue weighted by atomic mass is 10.2. The second-order valence-corrected chi connectivity index (χ2v) is 7.68. The lowest BCUT2D eigenvalue weighted by Gasteiger charge is -2.14. The third kappa shape index (κ3) is 6.08. The summed E-state index contributed by atoms with van der Waals surface area (Å²) in [5, 5.41) is 17.8. The van der Waals surface area contributed by atoms with Crippen LogP contribution >= 0.6 is 34.9 Å². The van der Waals surface area contributed by atoms with Gasteiger partial charge >= 0.3 is 0 Å². The van der Waals surface area contributed by atoms with Crippen LogP contribution in [0.1, 0.15) is 33.6 Å². The summed E-state index contributed by atoms with van der Waals surface area (Å²) in [5.74, 6) is 1.77. The van der Waals surface area contributed by atoms with Crippen LogP contribution in [-0.2, 0) is 0 Å². The number of unbranched alkanes of at least 4 members (excludes halogenated alkanes) is 1. The maximum absolute atomic E-state index is 9.59. The molecule has 1 heterocycles. The summed E-state index contributed by atoms with van der Waals surface area (Å²) in [6, 6.07) is 0. The fourth-order valence-corrected chi connectivity index (χ4v) is 3.98. The van der Waals surface area contributed by atoms with Gasteiger partial charge in [0.25, 0.3) is 0 Å². The molecule has 0 amide bonds. The topological polar surface area (TPSA) is 46.0 Å². The molecule has 0 atom stereocenters. The quantitative estimate of drug-likeness (QED) is 0.612. The Bertz CT molecular complexity index is 309. The largest absolute Gasteiger partial charge is 0.390 e. The summed E-state index contributed by atoms with van der Waals surface area (Å²) < 4.78 is 1.98. The Labute approximate surface area is 109 Å². The molecule has 1 N–H and O–H groups in total. The van der Waals surface area contributed by atoms with Gasteiger partial charge in [0.1, 0.15) is 0 Å². The Balaban J connectivity index is 2.33. The summed E-state index contributed by atoms with van der Waals surface area (Å²) in [6.45, 7) is 5.79. The van der Waals surface area contributed by atoms with E-state index < -0.39 is 5.60 Å². The molecule has 1 aromatic rings. The number of rotatable bonds is 7. The molecule has 1 rings (SSSR count). The normalized spacial score (nSPS) is 12.0. The lowest BCUT2D eigenvalue weighted by molar-refractivity contribution is 0.107. The highest BCUT2D eigenvalue weighted by atomic mass is 32.2. The van der Waals surface area contributed by atoms with Gasteiger partial charge in [-0.25, -0.2) is 0 Å². The van der Waals surface area contributed by atoms with Crippen molar-refractivity contribution in [2.75, 3.05) is 11.5 Å². The van der Waals surface area contributed by atoms with E-state index in [-0.39, 0.29) is 0 Å². The van der Waals surface area contributed by atoms with Gasteiger partial charge in [-0.3, -0.25) is 0 Å². The minimum Gasteiger partial charge on any atom is -0.390 e. The molecule has 0 unspecified atom stereocenters. The number of hydrogen-bond donors (Lipinski definition) is 1. The van der Waals surface area contributed by atoms with E-state index in [0.29, 0.717) is 5.75 Å². The fraction of sp³-hybridized carbons (Fsp3) is 0.800. The van der Waals surface area contributed by atoms with Crippen molar-refractivity contribution in [2.24, 2.45) is 0 Å². The SMILES string of the molecule is CCCCSc1nnc(SCC(C)(C)O)s1. The minimum absolute atomic E-state index is 0.647. The van der Waals surface area contributed by atoms with Gasteiger partial charge in [0.2, 0.25) is 0 Å². The smallest absolute Gasteiger partial charge is 0.175 e. The highest BCUT2D eigenvalue weighted by molar-refractivity contribution is 8.03. The minimum atomic E-state index is -0.647. The molecule has 0 saturated heterocycles. The molecule has 0 bridgehead atoms. The summed E-state index contributed by atoms with van der Waals surface area (Å²) in [5.41, 5.74) is -0.647. The molecule has 92 valence electrons. The Kier molecular flexibility index (Phi) is 6.10. The van der Waals surface area contributed by atoms with Gasteiger partial charge in [0.15, 0.2) is 8.68 Å². The zero-order valence-corrected chi connectivity index (χ0v) is 12.3. The molecule has 0 aliphatic heterocycles. The molecule has 0 radical (unpaired) electrons. The standard InChI is InChI=1S/C10H18N2OS3/c1-4-5-6-14-8-11-12-9(16-8)15-7-10(2,3)13/h13H,4-7H2,1-3H3. The van der Waals surface area contributed by atoms with Crippen molar-refractivity contribution in [3.8, 4) is 0 Å². The monoisotopic (exact) mass is 278 g/mol. The van der Waals surface area contributed by atoms with Gasteiger partial charge in [0.05, 0.1) is 5.60 Å². The van der Waals surface area contributed by atoms with E-state index >= 15 is 0 Å². The van der Waals surface area contributed by atoms with Gasteiger partial charge < -0.3 is 5.11 Å². The van der Waals surface area contributed by atoms with Gasteiger partial charge in [-0.05, 0) is 20.3 Å². The lowest BCUT2D eigenvalue weighted by Crippen LogP contribution is -2.21. The molecule has 16 heavy (non-hydrogen) atoms. The highest BCUT2D eigenvalue weighted by Gasteiger charge is 2.14. The zero-order valence-electron chi connectivity index (χ0n) is 9.89. The molecular weight excluding hydrogens is 260 g/mol. The maximum atomic E-state index is 9.59. The number of hydrogen-bond acceptors (Lipinski definition) is 6. The molecule has 0 spiro atoms. The van der Waals surface area contributed by atoms with Crippen LogP contribution in [0.5, 0.6) is 0 Å².